The molecule has 0 aliphatic carbocycles. The van der Waals surface area contributed by atoms with Crippen LogP contribution in [0.25, 0.3) is 11.4 Å². The van der Waals surface area contributed by atoms with Crippen LogP contribution in [0.5, 0.6) is 0 Å². The molecule has 2 aromatic rings. The minimum Gasteiger partial charge on any atom is -0.309 e. The van der Waals surface area contributed by atoms with Gasteiger partial charge >= 0.3 is 5.69 Å². The summed E-state index contributed by atoms with van der Waals surface area (Å²) in [5.74, 6) is 0.592. The van der Waals surface area contributed by atoms with Crippen molar-refractivity contribution in [2.45, 2.75) is 13.1 Å². The molecule has 0 bridgehead atoms. The Morgan fingerprint density at radius 1 is 1.20 bits per heavy atom. The predicted molar refractivity (Wildman–Crippen MR) is 55.2 cm³/mol. The molecule has 5 nitrogen and oxygen atoms in total. The Morgan fingerprint density at radius 2 is 2.07 bits per heavy atom. The summed E-state index contributed by atoms with van der Waals surface area (Å²) in [7, 11) is 0. The second-order valence-corrected chi connectivity index (χ2v) is 3.61. The SMILES string of the molecule is O=c1[nH]nc(-c2ccc3c(c2)CNC3)[nH]1. The maximum Gasteiger partial charge on any atom is 0.340 e. The first-order valence-electron chi connectivity index (χ1n) is 4.80. The second kappa shape index (κ2) is 3.06. The van der Waals surface area contributed by atoms with E-state index in [4.69, 9.17) is 0 Å². The lowest BCUT2D eigenvalue weighted by atomic mass is 10.1. The van der Waals surface area contributed by atoms with E-state index in [0.717, 1.165) is 18.7 Å². The van der Waals surface area contributed by atoms with Crippen LogP contribution >= 0.6 is 0 Å². The Hall–Kier alpha value is -1.88. The largest absolute Gasteiger partial charge is 0.340 e. The predicted octanol–water partition coefficient (Wildman–Crippen LogP) is 0.368. The molecular formula is C10H10N4O. The van der Waals surface area contributed by atoms with Crippen molar-refractivity contribution < 1.29 is 0 Å². The fourth-order valence-corrected chi connectivity index (χ4v) is 1.85. The lowest BCUT2D eigenvalue weighted by molar-refractivity contribution is 0.765. The maximum atomic E-state index is 10.9. The van der Waals surface area contributed by atoms with Crippen LogP contribution in [0.4, 0.5) is 0 Å². The maximum absolute atomic E-state index is 10.9. The number of H-pyrrole nitrogens is 2. The first kappa shape index (κ1) is 8.43. The summed E-state index contributed by atoms with van der Waals surface area (Å²) in [6.45, 7) is 1.81. The van der Waals surface area contributed by atoms with Crippen molar-refractivity contribution in [3.63, 3.8) is 0 Å². The molecule has 0 atom stereocenters. The van der Waals surface area contributed by atoms with Crippen molar-refractivity contribution in [1.29, 1.82) is 0 Å². The van der Waals surface area contributed by atoms with Gasteiger partial charge in [0, 0.05) is 18.7 Å². The van der Waals surface area contributed by atoms with E-state index in [1.165, 1.54) is 11.1 Å². The van der Waals surface area contributed by atoms with E-state index in [-0.39, 0.29) is 5.69 Å². The number of rotatable bonds is 1. The normalized spacial score (nSPS) is 14.1. The number of nitrogens with one attached hydrogen (secondary N) is 3. The van der Waals surface area contributed by atoms with E-state index in [9.17, 15) is 4.79 Å². The van der Waals surface area contributed by atoms with Gasteiger partial charge in [0.15, 0.2) is 5.82 Å². The Balaban J connectivity index is 2.10. The van der Waals surface area contributed by atoms with E-state index >= 15 is 0 Å². The molecule has 1 aromatic carbocycles. The molecule has 0 saturated heterocycles. The molecule has 1 aromatic heterocycles. The molecule has 3 rings (SSSR count). The summed E-state index contributed by atoms with van der Waals surface area (Å²) in [6.07, 6.45) is 0. The Morgan fingerprint density at radius 3 is 2.87 bits per heavy atom. The average molecular weight is 202 g/mol. The van der Waals surface area contributed by atoms with Gasteiger partial charge in [0.05, 0.1) is 0 Å². The molecule has 5 heteroatoms. The lowest BCUT2D eigenvalue weighted by Gasteiger charge is -2.00. The van der Waals surface area contributed by atoms with Gasteiger partial charge in [-0.2, -0.15) is 5.10 Å². The fourth-order valence-electron chi connectivity index (χ4n) is 1.85. The quantitative estimate of drug-likeness (QED) is 0.625. The van der Waals surface area contributed by atoms with E-state index < -0.39 is 0 Å². The number of fused-ring (bicyclic) bond motifs is 1. The highest BCUT2D eigenvalue weighted by Gasteiger charge is 2.11. The van der Waals surface area contributed by atoms with Crippen LogP contribution in [0.3, 0.4) is 0 Å². The summed E-state index contributed by atoms with van der Waals surface area (Å²) in [4.78, 5) is 13.6. The van der Waals surface area contributed by atoms with Crippen molar-refractivity contribution in [3.8, 4) is 11.4 Å². The first-order chi connectivity index (χ1) is 7.33. The third kappa shape index (κ3) is 1.37. The third-order valence-corrected chi connectivity index (χ3v) is 2.61. The minimum absolute atomic E-state index is 0.274. The van der Waals surface area contributed by atoms with Crippen molar-refractivity contribution in [2.24, 2.45) is 0 Å². The highest BCUT2D eigenvalue weighted by Crippen LogP contribution is 2.21. The molecule has 0 amide bonds. The monoisotopic (exact) mass is 202 g/mol. The van der Waals surface area contributed by atoms with E-state index in [2.05, 4.69) is 32.6 Å². The molecule has 0 spiro atoms. The zero-order chi connectivity index (χ0) is 10.3. The molecule has 3 N–H and O–H groups in total. The van der Waals surface area contributed by atoms with Crippen molar-refractivity contribution in [1.82, 2.24) is 20.5 Å². The smallest absolute Gasteiger partial charge is 0.309 e. The van der Waals surface area contributed by atoms with E-state index in [1.807, 2.05) is 6.07 Å². The molecule has 0 saturated carbocycles. The van der Waals surface area contributed by atoms with Gasteiger partial charge in [-0.3, -0.25) is 4.98 Å². The highest BCUT2D eigenvalue weighted by molar-refractivity contribution is 5.57. The van der Waals surface area contributed by atoms with Crippen LogP contribution in [0.2, 0.25) is 0 Å². The zero-order valence-electron chi connectivity index (χ0n) is 8.00. The molecule has 0 radical (unpaired) electrons. The van der Waals surface area contributed by atoms with Gasteiger partial charge in [-0.1, -0.05) is 12.1 Å². The average Bonchev–Trinajstić information content (AvgIpc) is 2.84. The number of nitrogens with zero attached hydrogens (tertiary/aromatic N) is 1. The number of benzene rings is 1. The second-order valence-electron chi connectivity index (χ2n) is 3.61. The van der Waals surface area contributed by atoms with E-state index in [0.29, 0.717) is 5.82 Å². The number of hydrogen-bond donors (Lipinski definition) is 3. The van der Waals surface area contributed by atoms with Gasteiger partial charge in [0.25, 0.3) is 0 Å². The van der Waals surface area contributed by atoms with Gasteiger partial charge in [-0.15, -0.1) is 0 Å². The Bertz CT molecular complexity index is 555. The molecule has 15 heavy (non-hydrogen) atoms. The summed E-state index contributed by atoms with van der Waals surface area (Å²) >= 11 is 0. The Labute approximate surface area is 85.5 Å². The van der Waals surface area contributed by atoms with Gasteiger partial charge in [-0.05, 0) is 17.2 Å². The number of hydrogen-bond acceptors (Lipinski definition) is 3. The summed E-state index contributed by atoms with van der Waals surface area (Å²) in [6, 6.07) is 6.09. The summed E-state index contributed by atoms with van der Waals surface area (Å²) < 4.78 is 0. The van der Waals surface area contributed by atoms with Gasteiger partial charge in [0.2, 0.25) is 0 Å². The van der Waals surface area contributed by atoms with Crippen molar-refractivity contribution >= 4 is 0 Å². The molecule has 76 valence electrons. The van der Waals surface area contributed by atoms with Gasteiger partial charge < -0.3 is 5.32 Å². The summed E-state index contributed by atoms with van der Waals surface area (Å²) in [5.41, 5.74) is 3.26. The molecule has 2 heterocycles. The number of aromatic amines is 2. The topological polar surface area (TPSA) is 73.6 Å². The van der Waals surface area contributed by atoms with Crippen LogP contribution in [0, 0.1) is 0 Å². The molecule has 0 unspecified atom stereocenters. The van der Waals surface area contributed by atoms with Crippen LogP contribution in [0.15, 0.2) is 23.0 Å². The van der Waals surface area contributed by atoms with Crippen molar-refractivity contribution in [2.75, 3.05) is 0 Å². The molecule has 1 aliphatic heterocycles. The highest BCUT2D eigenvalue weighted by atomic mass is 16.1. The number of aromatic nitrogens is 3. The first-order valence-corrected chi connectivity index (χ1v) is 4.80. The molecule has 1 aliphatic rings. The Kier molecular flexibility index (Phi) is 1.72. The van der Waals surface area contributed by atoms with E-state index in [1.54, 1.807) is 0 Å². The molecule has 0 fully saturated rings. The van der Waals surface area contributed by atoms with Crippen molar-refractivity contribution in [3.05, 3.63) is 39.8 Å². The zero-order valence-corrected chi connectivity index (χ0v) is 8.00. The van der Waals surface area contributed by atoms with Crippen LogP contribution in [-0.4, -0.2) is 15.2 Å². The van der Waals surface area contributed by atoms with Crippen LogP contribution in [0.1, 0.15) is 11.1 Å². The lowest BCUT2D eigenvalue weighted by Crippen LogP contribution is -2.00. The van der Waals surface area contributed by atoms with Crippen LogP contribution < -0.4 is 11.0 Å². The van der Waals surface area contributed by atoms with Gasteiger partial charge in [0.1, 0.15) is 0 Å². The minimum atomic E-state index is -0.274. The third-order valence-electron chi connectivity index (χ3n) is 2.61. The standard InChI is InChI=1S/C10H10N4O/c15-10-12-9(13-14-10)6-1-2-7-4-11-5-8(7)3-6/h1-3,11H,4-5H2,(H2,12,13,14,15). The van der Waals surface area contributed by atoms with Crippen LogP contribution in [-0.2, 0) is 13.1 Å². The summed E-state index contributed by atoms with van der Waals surface area (Å²) in [5, 5.41) is 9.53. The fraction of sp³-hybridized carbons (Fsp3) is 0.200. The molecular weight excluding hydrogens is 192 g/mol. The van der Waals surface area contributed by atoms with Gasteiger partial charge in [-0.25, -0.2) is 9.89 Å².